The first-order valence-electron chi connectivity index (χ1n) is 17.1. The lowest BCUT2D eigenvalue weighted by atomic mass is 9.98. The minimum absolute atomic E-state index is 0.00427. The molecule has 13 heteroatoms. The fraction of sp³-hybridized carbons (Fsp3) is 0.316. The molecule has 11 nitrogen and oxygen atoms in total. The number of aromatic nitrogens is 5. The molecule has 0 bridgehead atoms. The van der Waals surface area contributed by atoms with Gasteiger partial charge in [0.1, 0.15) is 5.69 Å². The lowest BCUT2D eigenvalue weighted by molar-refractivity contribution is -0.204. The predicted molar refractivity (Wildman–Crippen MR) is 187 cm³/mol. The number of likely N-dealkylation sites (tertiary alicyclic amines) is 1. The van der Waals surface area contributed by atoms with Crippen LogP contribution in [-0.4, -0.2) is 91.7 Å². The van der Waals surface area contributed by atoms with Crippen molar-refractivity contribution >= 4 is 34.0 Å². The molecule has 3 aromatic heterocycles. The van der Waals surface area contributed by atoms with E-state index in [9.17, 15) is 18.4 Å². The fourth-order valence-electron chi connectivity index (χ4n) is 6.98. The maximum absolute atomic E-state index is 13.8. The van der Waals surface area contributed by atoms with Gasteiger partial charge in [-0.15, -0.1) is 0 Å². The first-order valence-corrected chi connectivity index (χ1v) is 17.1. The van der Waals surface area contributed by atoms with Crippen LogP contribution in [0.2, 0.25) is 0 Å². The van der Waals surface area contributed by atoms with Gasteiger partial charge in [-0.05, 0) is 73.2 Å². The molecule has 5 aromatic rings. The van der Waals surface area contributed by atoms with Gasteiger partial charge in [-0.2, -0.15) is 13.9 Å². The van der Waals surface area contributed by atoms with Gasteiger partial charge in [0.15, 0.2) is 11.4 Å². The number of amides is 2. The summed E-state index contributed by atoms with van der Waals surface area (Å²) in [5.74, 6) is 0.327. The number of H-pyrrole nitrogens is 1. The molecule has 1 saturated carbocycles. The van der Waals surface area contributed by atoms with Gasteiger partial charge in [-0.1, -0.05) is 30.3 Å². The van der Waals surface area contributed by atoms with Crippen LogP contribution >= 0.6 is 0 Å². The average Bonchev–Trinajstić information content (AvgIpc) is 3.81. The third-order valence-corrected chi connectivity index (χ3v) is 9.91. The summed E-state index contributed by atoms with van der Waals surface area (Å²) in [5, 5.41) is 11.1. The topological polar surface area (TPSA) is 129 Å². The van der Waals surface area contributed by atoms with Crippen LogP contribution in [0.25, 0.3) is 39.1 Å². The molecule has 1 unspecified atom stereocenters. The van der Waals surface area contributed by atoms with Gasteiger partial charge < -0.3 is 15.0 Å². The van der Waals surface area contributed by atoms with Crippen LogP contribution in [0, 0.1) is 0 Å². The van der Waals surface area contributed by atoms with Crippen molar-refractivity contribution in [2.24, 2.45) is 0 Å². The van der Waals surface area contributed by atoms with E-state index in [0.29, 0.717) is 42.6 Å². The van der Waals surface area contributed by atoms with Crippen LogP contribution in [0.1, 0.15) is 42.9 Å². The summed E-state index contributed by atoms with van der Waals surface area (Å²) in [7, 11) is 0. The summed E-state index contributed by atoms with van der Waals surface area (Å²) in [6.07, 6.45) is 10.2. The van der Waals surface area contributed by atoms with E-state index in [2.05, 4.69) is 30.5 Å². The highest BCUT2D eigenvalue weighted by Crippen LogP contribution is 2.40. The molecule has 1 atom stereocenters. The molecule has 0 spiro atoms. The molecule has 2 amide bonds. The van der Waals surface area contributed by atoms with E-state index in [4.69, 9.17) is 4.74 Å². The van der Waals surface area contributed by atoms with Gasteiger partial charge in [0.05, 0.1) is 12.1 Å². The number of hydrogen-bond donors (Lipinski definition) is 2. The number of rotatable bonds is 10. The highest BCUT2D eigenvalue weighted by Gasteiger charge is 2.48. The molecule has 2 fully saturated rings. The Morgan fingerprint density at radius 1 is 0.961 bits per heavy atom. The molecule has 8 rings (SSSR count). The van der Waals surface area contributed by atoms with Crippen molar-refractivity contribution in [3.63, 3.8) is 0 Å². The molecule has 260 valence electrons. The van der Waals surface area contributed by atoms with Crippen molar-refractivity contribution in [2.45, 2.75) is 43.8 Å². The normalized spacial score (nSPS) is 19.4. The Kier molecular flexibility index (Phi) is 8.82. The predicted octanol–water partition coefficient (Wildman–Crippen LogP) is 5.90. The van der Waals surface area contributed by atoms with Crippen LogP contribution in [0.15, 0.2) is 85.3 Å². The zero-order valence-electron chi connectivity index (χ0n) is 27.8. The summed E-state index contributed by atoms with van der Waals surface area (Å²) in [4.78, 5) is 43.6. The zero-order chi connectivity index (χ0) is 35.0. The first kappa shape index (κ1) is 32.8. The summed E-state index contributed by atoms with van der Waals surface area (Å²) in [5.41, 5.74) is 5.18. The van der Waals surface area contributed by atoms with Gasteiger partial charge in [-0.3, -0.25) is 24.6 Å². The highest BCUT2D eigenvalue weighted by atomic mass is 19.3. The number of nitrogens with one attached hydrogen (secondary N) is 2. The minimum Gasteiger partial charge on any atom is -0.338 e. The van der Waals surface area contributed by atoms with Crippen molar-refractivity contribution in [1.29, 1.82) is 0 Å². The number of aromatic amines is 1. The molecule has 2 N–H and O–H groups in total. The third kappa shape index (κ3) is 6.99. The van der Waals surface area contributed by atoms with E-state index in [1.165, 1.54) is 0 Å². The standard InChI is InChI=1S/C38H36F2N8O3/c39-37(40)51-38(36(50)44-29-8-9-31-30(21-29)34(46-45-31)28-10-16-41-32(20-28)26-4-5-26)13-19-47(23-38)22-33(49)48-17-11-25(12-18-48)24-2-6-27(7-3-24)35-42-14-1-15-43-35/h1-3,6-11,14-16,20-21,26,37H,4-5,12-13,17-19,22-23H2,(H,44,50)(H,45,46). The molecule has 1 aliphatic carbocycles. The van der Waals surface area contributed by atoms with Crippen molar-refractivity contribution in [3.8, 4) is 22.6 Å². The molecular formula is C38H36F2N8O3. The van der Waals surface area contributed by atoms with Crippen LogP contribution in [0.5, 0.6) is 0 Å². The number of ether oxygens (including phenoxy) is 1. The fourth-order valence-corrected chi connectivity index (χ4v) is 6.98. The molecule has 2 aromatic carbocycles. The van der Waals surface area contributed by atoms with Gasteiger partial charge >= 0.3 is 6.61 Å². The van der Waals surface area contributed by atoms with E-state index in [0.717, 1.165) is 51.7 Å². The summed E-state index contributed by atoms with van der Waals surface area (Å²) in [6.45, 7) is -2.08. The number of pyridine rings is 1. The minimum atomic E-state index is -3.17. The van der Waals surface area contributed by atoms with Gasteiger partial charge in [0, 0.05) is 78.6 Å². The lowest BCUT2D eigenvalue weighted by Crippen LogP contribution is -2.50. The Morgan fingerprint density at radius 3 is 2.51 bits per heavy atom. The van der Waals surface area contributed by atoms with E-state index in [1.54, 1.807) is 52.7 Å². The van der Waals surface area contributed by atoms with Crippen molar-refractivity contribution in [3.05, 3.63) is 96.6 Å². The van der Waals surface area contributed by atoms with Gasteiger partial charge in [0.25, 0.3) is 5.91 Å². The number of nitrogens with zero attached hydrogens (tertiary/aromatic N) is 6. The number of anilines is 1. The Balaban J connectivity index is 0.912. The number of fused-ring (bicyclic) bond motifs is 1. The summed E-state index contributed by atoms with van der Waals surface area (Å²) in [6, 6.07) is 19.0. The van der Waals surface area contributed by atoms with Crippen LogP contribution in [0.4, 0.5) is 14.5 Å². The molecule has 1 saturated heterocycles. The molecular weight excluding hydrogens is 654 g/mol. The maximum Gasteiger partial charge on any atom is 0.346 e. The van der Waals surface area contributed by atoms with Crippen molar-refractivity contribution in [2.75, 3.05) is 38.0 Å². The van der Waals surface area contributed by atoms with Gasteiger partial charge in [0.2, 0.25) is 5.91 Å². The van der Waals surface area contributed by atoms with Crippen LogP contribution in [0.3, 0.4) is 0 Å². The summed E-state index contributed by atoms with van der Waals surface area (Å²) < 4.78 is 32.6. The smallest absolute Gasteiger partial charge is 0.338 e. The summed E-state index contributed by atoms with van der Waals surface area (Å²) >= 11 is 0. The molecule has 2 aliphatic heterocycles. The Morgan fingerprint density at radius 2 is 1.76 bits per heavy atom. The number of carbonyl (C=O) groups is 2. The Hall–Kier alpha value is -5.40. The number of carbonyl (C=O) groups excluding carboxylic acids is 2. The zero-order valence-corrected chi connectivity index (χ0v) is 27.8. The largest absolute Gasteiger partial charge is 0.346 e. The number of alkyl halides is 2. The number of benzene rings is 2. The molecule has 3 aliphatic rings. The van der Waals surface area contributed by atoms with E-state index >= 15 is 0 Å². The first-order chi connectivity index (χ1) is 24.8. The number of halogens is 2. The third-order valence-electron chi connectivity index (χ3n) is 9.91. The lowest BCUT2D eigenvalue weighted by Gasteiger charge is -2.30. The second-order valence-corrected chi connectivity index (χ2v) is 13.3. The highest BCUT2D eigenvalue weighted by molar-refractivity contribution is 6.01. The van der Waals surface area contributed by atoms with Crippen molar-refractivity contribution in [1.82, 2.24) is 34.9 Å². The quantitative estimate of drug-likeness (QED) is 0.186. The SMILES string of the molecule is O=C(CN1CCC(OC(F)F)(C(=O)Nc2ccc3[nH]nc(-c4ccnc(C5CC5)c4)c3c2)C1)N1CC=C(c2ccc(-c3ncccn3)cc2)CC1. The maximum atomic E-state index is 13.8. The van der Waals surface area contributed by atoms with Crippen LogP contribution < -0.4 is 5.32 Å². The number of hydrogen-bond acceptors (Lipinski definition) is 8. The van der Waals surface area contributed by atoms with E-state index < -0.39 is 18.1 Å². The Bertz CT molecular complexity index is 2100. The van der Waals surface area contributed by atoms with E-state index in [1.807, 2.05) is 42.5 Å². The second-order valence-electron chi connectivity index (χ2n) is 13.3. The van der Waals surface area contributed by atoms with E-state index in [-0.39, 0.29) is 32.0 Å². The Labute approximate surface area is 292 Å². The molecule has 51 heavy (non-hydrogen) atoms. The molecule has 0 radical (unpaired) electrons. The second kappa shape index (κ2) is 13.7. The van der Waals surface area contributed by atoms with Gasteiger partial charge in [-0.25, -0.2) is 9.97 Å². The molecule has 5 heterocycles. The average molecular weight is 691 g/mol. The van der Waals surface area contributed by atoms with Crippen LogP contribution in [-0.2, 0) is 14.3 Å². The van der Waals surface area contributed by atoms with Crippen molar-refractivity contribution < 1.29 is 23.1 Å². The monoisotopic (exact) mass is 690 g/mol.